The fraction of sp³-hybridized carbons (Fsp3) is 0.727. The summed E-state index contributed by atoms with van der Waals surface area (Å²) in [5.41, 5.74) is -7.74. The summed E-state index contributed by atoms with van der Waals surface area (Å²) in [5, 5.41) is 46.6. The van der Waals surface area contributed by atoms with Gasteiger partial charge in [0.25, 0.3) is 0 Å². The van der Waals surface area contributed by atoms with E-state index in [-0.39, 0.29) is 0 Å². The summed E-state index contributed by atoms with van der Waals surface area (Å²) >= 11 is 0. The third-order valence-electron chi connectivity index (χ3n) is 3.63. The van der Waals surface area contributed by atoms with Crippen LogP contribution in [0.15, 0.2) is 0 Å². The molecule has 0 bridgehead atoms. The number of hydrogen-bond acceptors (Lipinski definition) is 5. The van der Waals surface area contributed by atoms with Crippen molar-refractivity contribution in [1.82, 2.24) is 0 Å². The lowest BCUT2D eigenvalue weighted by molar-refractivity contribution is -0.216. The molecule has 0 aromatic rings. The van der Waals surface area contributed by atoms with Crippen LogP contribution in [0.5, 0.6) is 0 Å². The van der Waals surface area contributed by atoms with Gasteiger partial charge in [-0.1, -0.05) is 0 Å². The minimum atomic E-state index is -3.10. The first kappa shape index (κ1) is 17.3. The van der Waals surface area contributed by atoms with Gasteiger partial charge in [-0.25, -0.2) is 4.79 Å². The van der Waals surface area contributed by atoms with Gasteiger partial charge in [0, 0.05) is 6.61 Å². The maximum Gasteiger partial charge on any atom is 0.338 e. The molecule has 2 atom stereocenters. The van der Waals surface area contributed by atoms with Gasteiger partial charge in [0.1, 0.15) is 10.8 Å². The van der Waals surface area contributed by atoms with Crippen LogP contribution in [0.2, 0.25) is 0 Å². The molecule has 8 nitrogen and oxygen atoms in total. The van der Waals surface area contributed by atoms with Crippen LogP contribution in [0.25, 0.3) is 0 Å². The van der Waals surface area contributed by atoms with Crippen molar-refractivity contribution in [2.75, 3.05) is 6.61 Å². The Morgan fingerprint density at radius 2 is 1.32 bits per heavy atom. The maximum absolute atomic E-state index is 11.3. The van der Waals surface area contributed by atoms with E-state index in [0.29, 0.717) is 0 Å². The quantitative estimate of drug-likeness (QED) is 0.413. The first-order valence-electron chi connectivity index (χ1n) is 5.43. The summed E-state index contributed by atoms with van der Waals surface area (Å²) < 4.78 is 0. The Hall–Kier alpha value is -1.67. The molecular weight excluding hydrogens is 260 g/mol. The maximum atomic E-state index is 11.3. The van der Waals surface area contributed by atoms with Gasteiger partial charge >= 0.3 is 17.9 Å². The fourth-order valence-corrected chi connectivity index (χ4v) is 2.01. The molecule has 0 rings (SSSR count). The molecule has 0 amide bonds. The van der Waals surface area contributed by atoms with Crippen molar-refractivity contribution >= 4 is 17.9 Å². The normalized spacial score (nSPS) is 18.2. The minimum Gasteiger partial charge on any atom is -0.481 e. The predicted molar refractivity (Wildman–Crippen MR) is 61.4 cm³/mol. The van der Waals surface area contributed by atoms with Crippen LogP contribution in [0.4, 0.5) is 0 Å². The van der Waals surface area contributed by atoms with Crippen molar-refractivity contribution in [1.29, 1.82) is 0 Å². The van der Waals surface area contributed by atoms with Gasteiger partial charge in [-0.05, 0) is 27.2 Å². The zero-order valence-electron chi connectivity index (χ0n) is 10.9. The second kappa shape index (κ2) is 5.14. The molecule has 2 unspecified atom stereocenters. The highest BCUT2D eigenvalue weighted by Gasteiger charge is 2.68. The van der Waals surface area contributed by atoms with Crippen LogP contribution < -0.4 is 0 Å². The third kappa shape index (κ3) is 2.28. The van der Waals surface area contributed by atoms with Crippen molar-refractivity contribution in [3.63, 3.8) is 0 Å². The molecule has 5 N–H and O–H groups in total. The summed E-state index contributed by atoms with van der Waals surface area (Å²) in [7, 11) is 0. The highest BCUT2D eigenvalue weighted by atomic mass is 16.4. The van der Waals surface area contributed by atoms with E-state index in [4.69, 9.17) is 20.4 Å². The molecule has 0 saturated carbocycles. The lowest BCUT2D eigenvalue weighted by Crippen LogP contribution is -2.67. The lowest BCUT2D eigenvalue weighted by atomic mass is 9.58. The largest absolute Gasteiger partial charge is 0.481 e. The van der Waals surface area contributed by atoms with Gasteiger partial charge in [0.15, 0.2) is 5.60 Å². The Kier molecular flexibility index (Phi) is 4.69. The molecule has 0 aromatic carbocycles. The average molecular weight is 278 g/mol. The molecule has 0 fully saturated rings. The van der Waals surface area contributed by atoms with Crippen molar-refractivity contribution in [2.45, 2.75) is 32.8 Å². The standard InChI is InChI=1S/C11H18O8/c1-9(2,6(13)14)11(19,8(17)18)10(3,4-5-12)7(15)16/h12,19H,4-5H2,1-3H3,(H,13,14)(H,15,16)(H,17,18). The number of aliphatic hydroxyl groups excluding tert-OH is 1. The fourth-order valence-electron chi connectivity index (χ4n) is 2.01. The molecule has 0 saturated heterocycles. The number of aliphatic hydroxyl groups is 2. The molecule has 0 aliphatic carbocycles. The highest BCUT2D eigenvalue weighted by molar-refractivity contribution is 5.94. The second-order valence-corrected chi connectivity index (χ2v) is 5.06. The van der Waals surface area contributed by atoms with E-state index in [9.17, 15) is 19.5 Å². The van der Waals surface area contributed by atoms with Crippen LogP contribution in [0, 0.1) is 10.8 Å². The Labute approximate surface area is 109 Å². The number of aliphatic carboxylic acids is 3. The average Bonchev–Trinajstić information content (AvgIpc) is 2.26. The van der Waals surface area contributed by atoms with Crippen molar-refractivity contribution in [2.24, 2.45) is 10.8 Å². The lowest BCUT2D eigenvalue weighted by Gasteiger charge is -2.45. The molecule has 19 heavy (non-hydrogen) atoms. The van der Waals surface area contributed by atoms with E-state index in [1.807, 2.05) is 0 Å². The van der Waals surface area contributed by atoms with Crippen molar-refractivity contribution in [3.8, 4) is 0 Å². The van der Waals surface area contributed by atoms with Crippen LogP contribution in [0.1, 0.15) is 27.2 Å². The number of carboxylic acid groups (broad SMARTS) is 3. The Morgan fingerprint density at radius 1 is 0.895 bits per heavy atom. The second-order valence-electron chi connectivity index (χ2n) is 5.06. The summed E-state index contributed by atoms with van der Waals surface area (Å²) in [5.74, 6) is -5.35. The van der Waals surface area contributed by atoms with Gasteiger partial charge in [-0.3, -0.25) is 9.59 Å². The van der Waals surface area contributed by atoms with Gasteiger partial charge in [-0.15, -0.1) is 0 Å². The molecule has 0 aromatic heterocycles. The van der Waals surface area contributed by atoms with E-state index >= 15 is 0 Å². The molecule has 8 heteroatoms. The number of hydrogen-bond donors (Lipinski definition) is 5. The topological polar surface area (TPSA) is 152 Å². The first-order valence-corrected chi connectivity index (χ1v) is 5.43. The zero-order valence-corrected chi connectivity index (χ0v) is 10.9. The van der Waals surface area contributed by atoms with Crippen LogP contribution in [-0.4, -0.2) is 55.6 Å². The zero-order chi connectivity index (χ0) is 15.6. The molecule has 0 heterocycles. The summed E-state index contributed by atoms with van der Waals surface area (Å²) in [4.78, 5) is 33.8. The summed E-state index contributed by atoms with van der Waals surface area (Å²) in [6.45, 7) is 2.02. The number of carboxylic acids is 3. The molecule has 0 aliphatic heterocycles. The SMILES string of the molecule is CC(C)(C(=O)O)C(O)(C(=O)O)C(C)(CCO)C(=O)O. The molecule has 0 spiro atoms. The smallest absolute Gasteiger partial charge is 0.338 e. The highest BCUT2D eigenvalue weighted by Crippen LogP contribution is 2.47. The van der Waals surface area contributed by atoms with E-state index in [1.54, 1.807) is 0 Å². The monoisotopic (exact) mass is 278 g/mol. The van der Waals surface area contributed by atoms with Gasteiger partial charge in [0.05, 0.1) is 0 Å². The van der Waals surface area contributed by atoms with Crippen molar-refractivity contribution in [3.05, 3.63) is 0 Å². The molecular formula is C11H18O8. The van der Waals surface area contributed by atoms with Crippen LogP contribution in [-0.2, 0) is 14.4 Å². The first-order chi connectivity index (χ1) is 8.39. The third-order valence-corrected chi connectivity index (χ3v) is 3.63. The molecule has 0 aliphatic rings. The van der Waals surface area contributed by atoms with E-state index in [0.717, 1.165) is 20.8 Å². The Balaban J connectivity index is 6.25. The van der Waals surface area contributed by atoms with Gasteiger partial charge in [-0.2, -0.15) is 0 Å². The van der Waals surface area contributed by atoms with E-state index in [1.165, 1.54) is 0 Å². The van der Waals surface area contributed by atoms with Gasteiger partial charge < -0.3 is 25.5 Å². The van der Waals surface area contributed by atoms with Crippen LogP contribution in [0.3, 0.4) is 0 Å². The Morgan fingerprint density at radius 3 is 1.53 bits per heavy atom. The predicted octanol–water partition coefficient (Wildman–Crippen LogP) is -0.614. The van der Waals surface area contributed by atoms with E-state index < -0.39 is 47.4 Å². The molecule has 0 radical (unpaired) electrons. The number of rotatable bonds is 7. The van der Waals surface area contributed by atoms with Crippen molar-refractivity contribution < 1.29 is 39.9 Å². The number of carbonyl (C=O) groups is 3. The van der Waals surface area contributed by atoms with E-state index in [2.05, 4.69) is 0 Å². The Bertz CT molecular complexity index is 401. The summed E-state index contributed by atoms with van der Waals surface area (Å²) in [6, 6.07) is 0. The molecule has 110 valence electrons. The van der Waals surface area contributed by atoms with Crippen LogP contribution >= 0.6 is 0 Å². The minimum absolute atomic E-state index is 0.609. The van der Waals surface area contributed by atoms with Gasteiger partial charge in [0.2, 0.25) is 0 Å². The summed E-state index contributed by atoms with van der Waals surface area (Å²) in [6.07, 6.45) is -0.609.